The zero-order valence-corrected chi connectivity index (χ0v) is 16.3. The number of halogens is 1. The number of amides is 1. The van der Waals surface area contributed by atoms with Crippen LogP contribution < -0.4 is 10.1 Å². The normalized spacial score (nSPS) is 12.7. The maximum atomic E-state index is 12.6. The molecule has 0 heterocycles. The Morgan fingerprint density at radius 2 is 1.73 bits per heavy atom. The number of carbonyl (C=O) groups excluding carboxylic acids is 1. The van der Waals surface area contributed by atoms with E-state index in [0.29, 0.717) is 10.8 Å². The van der Waals surface area contributed by atoms with Crippen LogP contribution in [0.4, 0.5) is 0 Å². The predicted molar refractivity (Wildman–Crippen MR) is 101 cm³/mol. The molecule has 2 rings (SSSR count). The lowest BCUT2D eigenvalue weighted by Crippen LogP contribution is -2.39. The molecule has 0 spiro atoms. The fourth-order valence-corrected chi connectivity index (χ4v) is 3.59. The lowest BCUT2D eigenvalue weighted by atomic mass is 10.1. The number of hydrogen-bond donors (Lipinski definition) is 1. The molecule has 0 aliphatic heterocycles. The molecule has 2 aromatic rings. The van der Waals surface area contributed by atoms with Gasteiger partial charge in [0.05, 0.1) is 24.6 Å². The predicted octanol–water partition coefficient (Wildman–Crippen LogP) is 2.85. The van der Waals surface area contributed by atoms with Crippen LogP contribution >= 0.6 is 11.6 Å². The molecular weight excluding hydrogens is 376 g/mol. The molecule has 0 aliphatic rings. The summed E-state index contributed by atoms with van der Waals surface area (Å²) in [4.78, 5) is 12.3. The van der Waals surface area contributed by atoms with Crippen molar-refractivity contribution >= 4 is 27.5 Å². The van der Waals surface area contributed by atoms with Gasteiger partial charge in [-0.15, -0.1) is 0 Å². The number of nitrogens with zero attached hydrogens (tertiary/aromatic N) is 1. The van der Waals surface area contributed by atoms with Gasteiger partial charge in [-0.1, -0.05) is 23.7 Å². The molecule has 1 N–H and O–H groups in total. The van der Waals surface area contributed by atoms with Gasteiger partial charge < -0.3 is 10.1 Å². The Bertz CT molecular complexity index is 852. The molecule has 0 unspecified atom stereocenters. The average Bonchev–Trinajstić information content (AvgIpc) is 2.62. The summed E-state index contributed by atoms with van der Waals surface area (Å²) in [5, 5.41) is 3.39. The minimum absolute atomic E-state index is 0.0966. The molecule has 2 aromatic carbocycles. The molecular formula is C18H21ClN2O4S. The van der Waals surface area contributed by atoms with Crippen LogP contribution in [-0.4, -0.2) is 39.3 Å². The maximum absolute atomic E-state index is 12.6. The minimum atomic E-state index is -3.77. The van der Waals surface area contributed by atoms with Crippen LogP contribution in [-0.2, 0) is 14.8 Å². The van der Waals surface area contributed by atoms with Gasteiger partial charge in [-0.2, -0.15) is 4.31 Å². The van der Waals surface area contributed by atoms with Crippen LogP contribution in [0.1, 0.15) is 18.5 Å². The Hall–Kier alpha value is -2.09. The van der Waals surface area contributed by atoms with Crippen LogP contribution in [0.25, 0.3) is 0 Å². The molecule has 0 aliphatic carbocycles. The van der Waals surface area contributed by atoms with E-state index in [9.17, 15) is 13.2 Å². The Morgan fingerprint density at radius 3 is 2.27 bits per heavy atom. The van der Waals surface area contributed by atoms with E-state index in [4.69, 9.17) is 16.3 Å². The van der Waals surface area contributed by atoms with E-state index >= 15 is 0 Å². The van der Waals surface area contributed by atoms with Crippen molar-refractivity contribution < 1.29 is 17.9 Å². The molecule has 1 atom stereocenters. The SMILES string of the molecule is COc1ccc(S(=O)(=O)N(C)CC(=O)N[C@H](C)c2ccc(Cl)cc2)cc1. The lowest BCUT2D eigenvalue weighted by molar-refractivity contribution is -0.121. The molecule has 0 saturated carbocycles. The molecule has 6 nitrogen and oxygen atoms in total. The average molecular weight is 397 g/mol. The van der Waals surface area contributed by atoms with Crippen molar-refractivity contribution in [3.05, 3.63) is 59.1 Å². The van der Waals surface area contributed by atoms with Gasteiger partial charge in [0.2, 0.25) is 15.9 Å². The Balaban J connectivity index is 2.01. The quantitative estimate of drug-likeness (QED) is 0.780. The first-order valence-electron chi connectivity index (χ1n) is 7.89. The van der Waals surface area contributed by atoms with Gasteiger partial charge in [0.1, 0.15) is 5.75 Å². The second-order valence-corrected chi connectivity index (χ2v) is 8.26. The highest BCUT2D eigenvalue weighted by molar-refractivity contribution is 7.89. The maximum Gasteiger partial charge on any atom is 0.243 e. The standard InChI is InChI=1S/C18H21ClN2O4S/c1-13(14-4-6-15(19)7-5-14)20-18(22)12-21(2)26(23,24)17-10-8-16(25-3)9-11-17/h4-11,13H,12H2,1-3H3,(H,20,22)/t13-/m1/s1. The van der Waals surface area contributed by atoms with Crippen LogP contribution in [0, 0.1) is 0 Å². The Kier molecular flexibility index (Phi) is 6.63. The highest BCUT2D eigenvalue weighted by atomic mass is 35.5. The molecule has 1 amide bonds. The van der Waals surface area contributed by atoms with Crippen molar-refractivity contribution in [2.75, 3.05) is 20.7 Å². The van der Waals surface area contributed by atoms with Gasteiger partial charge in [0.15, 0.2) is 0 Å². The van der Waals surface area contributed by atoms with Crippen molar-refractivity contribution in [3.8, 4) is 5.75 Å². The fourth-order valence-electron chi connectivity index (χ4n) is 2.34. The van der Waals surface area contributed by atoms with E-state index in [2.05, 4.69) is 5.32 Å². The summed E-state index contributed by atoms with van der Waals surface area (Å²) in [6, 6.07) is 12.8. The lowest BCUT2D eigenvalue weighted by Gasteiger charge is -2.19. The van der Waals surface area contributed by atoms with E-state index in [1.807, 2.05) is 19.1 Å². The molecule has 0 aromatic heterocycles. The van der Waals surface area contributed by atoms with Crippen molar-refractivity contribution in [3.63, 3.8) is 0 Å². The molecule has 0 radical (unpaired) electrons. The van der Waals surface area contributed by atoms with Crippen molar-refractivity contribution in [1.29, 1.82) is 0 Å². The first kappa shape index (κ1) is 20.2. The summed E-state index contributed by atoms with van der Waals surface area (Å²) >= 11 is 5.85. The molecule has 26 heavy (non-hydrogen) atoms. The highest BCUT2D eigenvalue weighted by Crippen LogP contribution is 2.19. The van der Waals surface area contributed by atoms with Gasteiger partial charge in [0, 0.05) is 12.1 Å². The molecule has 0 bridgehead atoms. The summed E-state index contributed by atoms with van der Waals surface area (Å²) in [5.41, 5.74) is 0.878. The highest BCUT2D eigenvalue weighted by Gasteiger charge is 2.23. The van der Waals surface area contributed by atoms with E-state index in [1.165, 1.54) is 26.3 Å². The molecule has 140 valence electrons. The van der Waals surface area contributed by atoms with Crippen molar-refractivity contribution in [2.45, 2.75) is 17.9 Å². The van der Waals surface area contributed by atoms with Crippen LogP contribution in [0.3, 0.4) is 0 Å². The number of likely N-dealkylation sites (N-methyl/N-ethyl adjacent to an activating group) is 1. The smallest absolute Gasteiger partial charge is 0.243 e. The summed E-state index contributed by atoms with van der Waals surface area (Å²) in [6.45, 7) is 1.53. The second-order valence-electron chi connectivity index (χ2n) is 5.78. The number of ether oxygens (including phenoxy) is 1. The van der Waals surface area contributed by atoms with E-state index in [1.54, 1.807) is 24.3 Å². The Morgan fingerprint density at radius 1 is 1.15 bits per heavy atom. The number of methoxy groups -OCH3 is 1. The zero-order valence-electron chi connectivity index (χ0n) is 14.8. The first-order chi connectivity index (χ1) is 12.2. The fraction of sp³-hybridized carbons (Fsp3) is 0.278. The minimum Gasteiger partial charge on any atom is -0.497 e. The van der Waals surface area contributed by atoms with Gasteiger partial charge in [0.25, 0.3) is 0 Å². The number of hydrogen-bond acceptors (Lipinski definition) is 4. The van der Waals surface area contributed by atoms with E-state index in [0.717, 1.165) is 9.87 Å². The van der Waals surface area contributed by atoms with Crippen LogP contribution in [0.5, 0.6) is 5.75 Å². The van der Waals surface area contributed by atoms with E-state index < -0.39 is 15.9 Å². The van der Waals surface area contributed by atoms with E-state index in [-0.39, 0.29) is 17.5 Å². The van der Waals surface area contributed by atoms with Crippen LogP contribution in [0.2, 0.25) is 5.02 Å². The Labute approximate surface area is 158 Å². The number of rotatable bonds is 7. The molecule has 0 fully saturated rings. The van der Waals surface area contributed by atoms with Gasteiger partial charge in [-0.25, -0.2) is 8.42 Å². The second kappa shape index (κ2) is 8.53. The number of benzene rings is 2. The topological polar surface area (TPSA) is 75.7 Å². The largest absolute Gasteiger partial charge is 0.497 e. The summed E-state index contributed by atoms with van der Waals surface area (Å²) in [7, 11) is -0.897. The summed E-state index contributed by atoms with van der Waals surface area (Å²) in [6.07, 6.45) is 0. The number of nitrogens with one attached hydrogen (secondary N) is 1. The molecule has 0 saturated heterocycles. The van der Waals surface area contributed by atoms with Gasteiger partial charge >= 0.3 is 0 Å². The van der Waals surface area contributed by atoms with Gasteiger partial charge in [-0.05, 0) is 48.9 Å². The zero-order chi connectivity index (χ0) is 19.3. The third kappa shape index (κ3) is 4.97. The first-order valence-corrected chi connectivity index (χ1v) is 9.71. The number of carbonyl (C=O) groups is 1. The van der Waals surface area contributed by atoms with Crippen molar-refractivity contribution in [2.24, 2.45) is 0 Å². The summed E-state index contributed by atoms with van der Waals surface area (Å²) < 4.78 is 31.1. The van der Waals surface area contributed by atoms with Crippen LogP contribution in [0.15, 0.2) is 53.4 Å². The monoisotopic (exact) mass is 396 g/mol. The third-order valence-corrected chi connectivity index (χ3v) is 5.95. The third-order valence-electron chi connectivity index (χ3n) is 3.88. The summed E-state index contributed by atoms with van der Waals surface area (Å²) in [5.74, 6) is 0.160. The van der Waals surface area contributed by atoms with Gasteiger partial charge in [-0.3, -0.25) is 4.79 Å². The molecule has 8 heteroatoms. The van der Waals surface area contributed by atoms with Crippen molar-refractivity contribution in [1.82, 2.24) is 9.62 Å². The number of sulfonamides is 1.